The first-order valence-electron chi connectivity index (χ1n) is 6.15. The van der Waals surface area contributed by atoms with Crippen LogP contribution in [0, 0.1) is 0 Å². The van der Waals surface area contributed by atoms with Gasteiger partial charge in [-0.3, -0.25) is 4.79 Å². The Hall–Kier alpha value is -1.21. The Kier molecular flexibility index (Phi) is 4.93. The van der Waals surface area contributed by atoms with Crippen LogP contribution in [0.3, 0.4) is 0 Å². The summed E-state index contributed by atoms with van der Waals surface area (Å²) >= 11 is 1.73. The highest BCUT2D eigenvalue weighted by Gasteiger charge is 2.33. The minimum atomic E-state index is -4.80. The number of ketones is 1. The number of nitrogens with one attached hydrogen (secondary N) is 1. The van der Waals surface area contributed by atoms with Gasteiger partial charge in [-0.25, -0.2) is 0 Å². The Morgan fingerprint density at radius 2 is 2.15 bits per heavy atom. The first-order valence-corrected chi connectivity index (χ1v) is 7.30. The van der Waals surface area contributed by atoms with Gasteiger partial charge in [0.2, 0.25) is 0 Å². The topological polar surface area (TPSA) is 38.3 Å². The summed E-state index contributed by atoms with van der Waals surface area (Å²) in [6.07, 6.45) is -4.62. The van der Waals surface area contributed by atoms with Crippen molar-refractivity contribution in [1.82, 2.24) is 5.32 Å². The summed E-state index contributed by atoms with van der Waals surface area (Å²) in [7, 11) is 0. The number of benzene rings is 1. The third kappa shape index (κ3) is 4.42. The number of carbonyl (C=O) groups is 1. The van der Waals surface area contributed by atoms with Crippen LogP contribution in [0.15, 0.2) is 24.3 Å². The van der Waals surface area contributed by atoms with Crippen molar-refractivity contribution in [3.63, 3.8) is 0 Å². The quantitative estimate of drug-likeness (QED) is 0.868. The van der Waals surface area contributed by atoms with Gasteiger partial charge in [-0.1, -0.05) is 12.1 Å². The lowest BCUT2D eigenvalue weighted by molar-refractivity contribution is -0.274. The van der Waals surface area contributed by atoms with E-state index in [2.05, 4.69) is 10.1 Å². The Morgan fingerprint density at radius 1 is 1.40 bits per heavy atom. The van der Waals surface area contributed by atoms with Gasteiger partial charge >= 0.3 is 6.36 Å². The molecule has 0 saturated carbocycles. The molecule has 1 heterocycles. The van der Waals surface area contributed by atoms with Gasteiger partial charge in [0.1, 0.15) is 5.75 Å². The molecule has 1 N–H and O–H groups in total. The molecule has 0 spiro atoms. The highest BCUT2D eigenvalue weighted by Crippen LogP contribution is 2.27. The zero-order valence-corrected chi connectivity index (χ0v) is 11.4. The molecule has 1 aromatic carbocycles. The second-order valence-electron chi connectivity index (χ2n) is 4.40. The van der Waals surface area contributed by atoms with Crippen LogP contribution >= 0.6 is 11.8 Å². The van der Waals surface area contributed by atoms with E-state index in [9.17, 15) is 18.0 Å². The largest absolute Gasteiger partial charge is 0.573 e. The number of thioether (sulfide) groups is 1. The van der Waals surface area contributed by atoms with E-state index >= 15 is 0 Å². The van der Waals surface area contributed by atoms with E-state index in [1.807, 2.05) is 0 Å². The van der Waals surface area contributed by atoms with Crippen molar-refractivity contribution in [1.29, 1.82) is 0 Å². The lowest BCUT2D eigenvalue weighted by atomic mass is 10.0. The fourth-order valence-corrected chi connectivity index (χ4v) is 2.94. The monoisotopic (exact) mass is 305 g/mol. The molecule has 1 fully saturated rings. The molecule has 1 atom stereocenters. The van der Waals surface area contributed by atoms with Gasteiger partial charge in [-0.2, -0.15) is 11.8 Å². The van der Waals surface area contributed by atoms with Gasteiger partial charge in [0.05, 0.1) is 5.56 Å². The number of para-hydroxylation sites is 1. The molecule has 1 aliphatic heterocycles. The van der Waals surface area contributed by atoms with Gasteiger partial charge in [0.25, 0.3) is 0 Å². The maximum Gasteiger partial charge on any atom is 0.573 e. The van der Waals surface area contributed by atoms with Crippen LogP contribution in [0.25, 0.3) is 0 Å². The first-order chi connectivity index (χ1) is 9.46. The number of hydrogen-bond acceptors (Lipinski definition) is 4. The van der Waals surface area contributed by atoms with E-state index < -0.39 is 12.1 Å². The van der Waals surface area contributed by atoms with Crippen molar-refractivity contribution >= 4 is 17.5 Å². The number of carbonyl (C=O) groups excluding carboxylic acids is 1. The summed E-state index contributed by atoms with van der Waals surface area (Å²) in [5.74, 6) is 0.991. The number of ether oxygens (including phenoxy) is 1. The van der Waals surface area contributed by atoms with Crippen LogP contribution in [0.1, 0.15) is 16.8 Å². The maximum atomic E-state index is 12.3. The number of rotatable bonds is 4. The third-order valence-corrected chi connectivity index (χ3v) is 3.97. The number of hydrogen-bond donors (Lipinski definition) is 1. The summed E-state index contributed by atoms with van der Waals surface area (Å²) in [5.41, 5.74) is -0.0257. The smallest absolute Gasteiger partial charge is 0.405 e. The highest BCUT2D eigenvalue weighted by molar-refractivity contribution is 7.99. The van der Waals surface area contributed by atoms with Crippen molar-refractivity contribution < 1.29 is 22.7 Å². The van der Waals surface area contributed by atoms with Crippen molar-refractivity contribution in [3.05, 3.63) is 29.8 Å². The number of halogens is 3. The fraction of sp³-hybridized carbons (Fsp3) is 0.462. The zero-order valence-electron chi connectivity index (χ0n) is 10.6. The molecule has 1 unspecified atom stereocenters. The molecular weight excluding hydrogens is 291 g/mol. The summed E-state index contributed by atoms with van der Waals surface area (Å²) in [5, 5.41) is 3.18. The van der Waals surface area contributed by atoms with Crippen LogP contribution in [-0.2, 0) is 0 Å². The fourth-order valence-electron chi connectivity index (χ4n) is 2.00. The normalized spacial score (nSPS) is 19.6. The standard InChI is InChI=1S/C13H14F3NO2S/c14-13(15,16)19-12-4-2-1-3-10(12)11(18)7-9-8-20-6-5-17-9/h1-4,9,17H,5-8H2. The Morgan fingerprint density at radius 3 is 2.80 bits per heavy atom. The second kappa shape index (κ2) is 6.49. The summed E-state index contributed by atoms with van der Waals surface area (Å²) in [6.45, 7) is 0.809. The number of Topliss-reactive ketones (excluding diaryl/α,β-unsaturated/α-hetero) is 1. The number of alkyl halides is 3. The first kappa shape index (κ1) is 15.2. The van der Waals surface area contributed by atoms with E-state index in [0.717, 1.165) is 24.1 Å². The second-order valence-corrected chi connectivity index (χ2v) is 5.55. The zero-order chi connectivity index (χ0) is 14.6. The van der Waals surface area contributed by atoms with Crippen LogP contribution in [0.2, 0.25) is 0 Å². The van der Waals surface area contributed by atoms with Crippen molar-refractivity contribution in [2.45, 2.75) is 18.8 Å². The molecule has 0 amide bonds. The molecule has 0 radical (unpaired) electrons. The van der Waals surface area contributed by atoms with E-state index in [1.165, 1.54) is 18.2 Å². The van der Waals surface area contributed by atoms with E-state index in [0.29, 0.717) is 0 Å². The van der Waals surface area contributed by atoms with Gasteiger partial charge in [0, 0.05) is 30.5 Å². The summed E-state index contributed by atoms with van der Waals surface area (Å²) in [4.78, 5) is 12.1. The summed E-state index contributed by atoms with van der Waals surface area (Å²) < 4.78 is 40.8. The van der Waals surface area contributed by atoms with Gasteiger partial charge in [0.15, 0.2) is 5.78 Å². The van der Waals surface area contributed by atoms with Crippen molar-refractivity contribution in [2.24, 2.45) is 0 Å². The average Bonchev–Trinajstić information content (AvgIpc) is 2.38. The predicted molar refractivity (Wildman–Crippen MR) is 71.2 cm³/mol. The molecule has 20 heavy (non-hydrogen) atoms. The lowest BCUT2D eigenvalue weighted by Crippen LogP contribution is -2.39. The molecule has 3 nitrogen and oxygen atoms in total. The third-order valence-electron chi connectivity index (χ3n) is 2.84. The SMILES string of the molecule is O=C(CC1CSCCN1)c1ccccc1OC(F)(F)F. The van der Waals surface area contributed by atoms with Crippen molar-refractivity contribution in [2.75, 3.05) is 18.1 Å². The Balaban J connectivity index is 2.08. The van der Waals surface area contributed by atoms with Crippen LogP contribution < -0.4 is 10.1 Å². The Labute approximate surface area is 118 Å². The van der Waals surface area contributed by atoms with Gasteiger partial charge < -0.3 is 10.1 Å². The van der Waals surface area contributed by atoms with E-state index in [4.69, 9.17) is 0 Å². The van der Waals surface area contributed by atoms with Gasteiger partial charge in [-0.15, -0.1) is 13.2 Å². The molecule has 2 rings (SSSR count). The van der Waals surface area contributed by atoms with Crippen LogP contribution in [0.5, 0.6) is 5.75 Å². The molecule has 7 heteroatoms. The average molecular weight is 305 g/mol. The van der Waals surface area contributed by atoms with Crippen molar-refractivity contribution in [3.8, 4) is 5.75 Å². The molecule has 110 valence electrons. The molecule has 1 aromatic rings. The van der Waals surface area contributed by atoms with E-state index in [-0.39, 0.29) is 23.8 Å². The molecule has 1 aliphatic rings. The molecule has 0 aromatic heterocycles. The highest BCUT2D eigenvalue weighted by atomic mass is 32.2. The van der Waals surface area contributed by atoms with E-state index in [1.54, 1.807) is 11.8 Å². The molecular formula is C13H14F3NO2S. The minimum Gasteiger partial charge on any atom is -0.405 e. The summed E-state index contributed by atoms with van der Waals surface area (Å²) in [6, 6.07) is 5.45. The maximum absolute atomic E-state index is 12.3. The van der Waals surface area contributed by atoms with Gasteiger partial charge in [-0.05, 0) is 12.1 Å². The molecule has 1 saturated heterocycles. The minimum absolute atomic E-state index is 0.000179. The van der Waals surface area contributed by atoms with Crippen LogP contribution in [-0.4, -0.2) is 36.2 Å². The lowest BCUT2D eigenvalue weighted by Gasteiger charge is -2.22. The predicted octanol–water partition coefficient (Wildman–Crippen LogP) is 2.86. The Bertz CT molecular complexity index is 473. The van der Waals surface area contributed by atoms with Crippen LogP contribution in [0.4, 0.5) is 13.2 Å². The molecule has 0 bridgehead atoms. The molecule has 0 aliphatic carbocycles.